The largest absolute Gasteiger partial charge is 0.459 e. The van der Waals surface area contributed by atoms with Crippen LogP contribution in [0.3, 0.4) is 0 Å². The molecule has 3 aromatic carbocycles. The number of carbonyl (C=O) groups is 1. The molecule has 0 N–H and O–H groups in total. The van der Waals surface area contributed by atoms with Crippen LogP contribution in [0.5, 0.6) is 0 Å². The van der Waals surface area contributed by atoms with E-state index in [-0.39, 0.29) is 18.3 Å². The lowest BCUT2D eigenvalue weighted by atomic mass is 9.94. The molecule has 0 fully saturated rings. The van der Waals surface area contributed by atoms with Gasteiger partial charge in [-0.05, 0) is 86.8 Å². The molecule has 0 aliphatic rings. The lowest BCUT2D eigenvalue weighted by molar-refractivity contribution is -0.155. The minimum atomic E-state index is -0.517. The molecule has 0 saturated carbocycles. The monoisotopic (exact) mass is 531 g/mol. The van der Waals surface area contributed by atoms with Crippen molar-refractivity contribution >= 4 is 5.97 Å². The standard InChI is InChI=1S/C31H34FN3O4/c1-20-25(11-8-12-27(20)32)26-14-13-23(16-24(26)19-37-6)30-33-29(34-39-30)22-10-7-9-21(15-22)17-35(5)18-28(36)38-31(2,3)4/h7-16H,17-19H2,1-6H3. The maximum atomic E-state index is 14.2. The van der Waals surface area contributed by atoms with Crippen LogP contribution in [0.1, 0.15) is 37.5 Å². The number of benzene rings is 3. The van der Waals surface area contributed by atoms with E-state index in [0.717, 1.165) is 33.4 Å². The van der Waals surface area contributed by atoms with Gasteiger partial charge in [-0.15, -0.1) is 0 Å². The van der Waals surface area contributed by atoms with Gasteiger partial charge in [0.2, 0.25) is 5.82 Å². The van der Waals surface area contributed by atoms with Gasteiger partial charge < -0.3 is 14.0 Å². The number of hydrogen-bond acceptors (Lipinski definition) is 7. The van der Waals surface area contributed by atoms with Gasteiger partial charge in [0.25, 0.3) is 5.89 Å². The van der Waals surface area contributed by atoms with Crippen molar-refractivity contribution in [1.82, 2.24) is 15.0 Å². The number of carbonyl (C=O) groups excluding carboxylic acids is 1. The number of nitrogens with zero attached hydrogens (tertiary/aromatic N) is 3. The van der Waals surface area contributed by atoms with Gasteiger partial charge in [0, 0.05) is 24.8 Å². The van der Waals surface area contributed by atoms with Crippen LogP contribution >= 0.6 is 0 Å². The Hall–Kier alpha value is -3.88. The van der Waals surface area contributed by atoms with Crippen molar-refractivity contribution in [2.45, 2.75) is 46.4 Å². The van der Waals surface area contributed by atoms with E-state index >= 15 is 0 Å². The molecule has 0 amide bonds. The van der Waals surface area contributed by atoms with Crippen molar-refractivity contribution in [3.63, 3.8) is 0 Å². The number of likely N-dealkylation sites (N-methyl/N-ethyl adjacent to an activating group) is 1. The molecule has 0 bridgehead atoms. The van der Waals surface area contributed by atoms with Crippen molar-refractivity contribution < 1.29 is 23.2 Å². The van der Waals surface area contributed by atoms with Crippen molar-refractivity contribution in [2.75, 3.05) is 20.7 Å². The van der Waals surface area contributed by atoms with Crippen molar-refractivity contribution in [2.24, 2.45) is 0 Å². The van der Waals surface area contributed by atoms with E-state index in [0.29, 0.717) is 30.4 Å². The first kappa shape index (κ1) is 28.1. The number of aromatic nitrogens is 2. The van der Waals surface area contributed by atoms with Crippen LogP contribution in [-0.2, 0) is 27.4 Å². The molecule has 4 aromatic rings. The molecule has 0 radical (unpaired) electrons. The van der Waals surface area contributed by atoms with Gasteiger partial charge in [-0.2, -0.15) is 4.98 Å². The van der Waals surface area contributed by atoms with Crippen LogP contribution < -0.4 is 0 Å². The molecule has 39 heavy (non-hydrogen) atoms. The first-order valence-electron chi connectivity index (χ1n) is 12.7. The first-order valence-corrected chi connectivity index (χ1v) is 12.7. The van der Waals surface area contributed by atoms with E-state index in [1.54, 1.807) is 20.1 Å². The SMILES string of the molecule is COCc1cc(-c2nc(-c3cccc(CN(C)CC(=O)OC(C)(C)C)c3)no2)ccc1-c1cccc(F)c1C. The smallest absolute Gasteiger partial charge is 0.320 e. The second kappa shape index (κ2) is 11.9. The van der Waals surface area contributed by atoms with Crippen molar-refractivity contribution in [3.8, 4) is 34.0 Å². The number of hydrogen-bond donors (Lipinski definition) is 0. The number of methoxy groups -OCH3 is 1. The summed E-state index contributed by atoms with van der Waals surface area (Å²) in [4.78, 5) is 18.7. The van der Waals surface area contributed by atoms with Crippen LogP contribution in [0, 0.1) is 12.7 Å². The Morgan fingerprint density at radius 1 is 1.03 bits per heavy atom. The molecule has 0 spiro atoms. The zero-order valence-corrected chi connectivity index (χ0v) is 23.2. The Morgan fingerprint density at radius 3 is 2.54 bits per heavy atom. The second-order valence-electron chi connectivity index (χ2n) is 10.6. The Balaban J connectivity index is 1.54. The average Bonchev–Trinajstić information content (AvgIpc) is 3.35. The molecule has 1 heterocycles. The molecular weight excluding hydrogens is 497 g/mol. The number of esters is 1. The third-order valence-electron chi connectivity index (χ3n) is 6.09. The fraction of sp³-hybridized carbons (Fsp3) is 0.323. The third-order valence-corrected chi connectivity index (χ3v) is 6.09. The number of halogens is 1. The van der Waals surface area contributed by atoms with Gasteiger partial charge >= 0.3 is 5.97 Å². The summed E-state index contributed by atoms with van der Waals surface area (Å²) in [5.74, 6) is 0.312. The predicted octanol–water partition coefficient (Wildman–Crippen LogP) is 6.44. The highest BCUT2D eigenvalue weighted by Gasteiger charge is 2.19. The molecule has 8 heteroatoms. The Labute approximate surface area is 228 Å². The lowest BCUT2D eigenvalue weighted by Gasteiger charge is -2.22. The van der Waals surface area contributed by atoms with Gasteiger partial charge in [0.15, 0.2) is 0 Å². The quantitative estimate of drug-likeness (QED) is 0.230. The Morgan fingerprint density at radius 2 is 1.79 bits per heavy atom. The molecule has 0 saturated heterocycles. The summed E-state index contributed by atoms with van der Waals surface area (Å²) in [6.07, 6.45) is 0. The molecule has 1 aromatic heterocycles. The zero-order valence-electron chi connectivity index (χ0n) is 23.2. The van der Waals surface area contributed by atoms with Crippen molar-refractivity contribution in [3.05, 3.63) is 83.2 Å². The fourth-order valence-electron chi connectivity index (χ4n) is 4.39. The molecule has 7 nitrogen and oxygen atoms in total. The normalized spacial score (nSPS) is 11.7. The van der Waals surface area contributed by atoms with E-state index in [1.807, 2.05) is 81.2 Å². The maximum absolute atomic E-state index is 14.2. The third kappa shape index (κ3) is 7.16. The summed E-state index contributed by atoms with van der Waals surface area (Å²) < 4.78 is 30.7. The second-order valence-corrected chi connectivity index (χ2v) is 10.6. The van der Waals surface area contributed by atoms with Gasteiger partial charge in [-0.3, -0.25) is 9.69 Å². The highest BCUT2D eigenvalue weighted by Crippen LogP contribution is 2.32. The fourth-order valence-corrected chi connectivity index (χ4v) is 4.39. The van der Waals surface area contributed by atoms with Crippen LogP contribution in [-0.4, -0.2) is 47.3 Å². The van der Waals surface area contributed by atoms with Gasteiger partial charge in [0.05, 0.1) is 13.2 Å². The van der Waals surface area contributed by atoms with Crippen LogP contribution in [0.2, 0.25) is 0 Å². The highest BCUT2D eigenvalue weighted by molar-refractivity contribution is 5.74. The minimum absolute atomic E-state index is 0.183. The number of ether oxygens (including phenoxy) is 2. The van der Waals surface area contributed by atoms with E-state index in [4.69, 9.17) is 14.0 Å². The van der Waals surface area contributed by atoms with Crippen LogP contribution in [0.25, 0.3) is 34.0 Å². The van der Waals surface area contributed by atoms with Gasteiger partial charge in [-0.25, -0.2) is 4.39 Å². The Kier molecular flexibility index (Phi) is 8.57. The van der Waals surface area contributed by atoms with E-state index in [1.165, 1.54) is 6.07 Å². The molecule has 4 rings (SSSR count). The van der Waals surface area contributed by atoms with Crippen LogP contribution in [0.4, 0.5) is 4.39 Å². The first-order chi connectivity index (χ1) is 18.5. The van der Waals surface area contributed by atoms with E-state index in [2.05, 4.69) is 10.1 Å². The lowest BCUT2D eigenvalue weighted by Crippen LogP contribution is -2.32. The summed E-state index contributed by atoms with van der Waals surface area (Å²) in [5, 5.41) is 4.20. The van der Waals surface area contributed by atoms with Gasteiger partial charge in [-0.1, -0.05) is 41.6 Å². The molecule has 0 aliphatic heterocycles. The molecule has 0 unspecified atom stereocenters. The van der Waals surface area contributed by atoms with E-state index < -0.39 is 5.60 Å². The summed E-state index contributed by atoms with van der Waals surface area (Å²) in [5.41, 5.74) is 5.20. The van der Waals surface area contributed by atoms with E-state index in [9.17, 15) is 9.18 Å². The molecule has 204 valence electrons. The summed E-state index contributed by atoms with van der Waals surface area (Å²) in [6.45, 7) is 8.41. The summed E-state index contributed by atoms with van der Waals surface area (Å²) in [6, 6.07) is 18.6. The highest BCUT2D eigenvalue weighted by atomic mass is 19.1. The molecule has 0 atom stereocenters. The van der Waals surface area contributed by atoms with Crippen LogP contribution in [0.15, 0.2) is 65.2 Å². The Bertz CT molecular complexity index is 1460. The molecule has 0 aliphatic carbocycles. The minimum Gasteiger partial charge on any atom is -0.459 e. The van der Waals surface area contributed by atoms with Crippen molar-refractivity contribution in [1.29, 1.82) is 0 Å². The topological polar surface area (TPSA) is 77.7 Å². The average molecular weight is 532 g/mol. The summed E-state index contributed by atoms with van der Waals surface area (Å²) >= 11 is 0. The maximum Gasteiger partial charge on any atom is 0.320 e. The van der Waals surface area contributed by atoms with Gasteiger partial charge in [0.1, 0.15) is 11.4 Å². The summed E-state index contributed by atoms with van der Waals surface area (Å²) in [7, 11) is 3.49. The number of rotatable bonds is 9. The predicted molar refractivity (Wildman–Crippen MR) is 148 cm³/mol. The molecular formula is C31H34FN3O4. The zero-order chi connectivity index (χ0) is 28.2.